The highest BCUT2D eigenvalue weighted by Crippen LogP contribution is 2.29. The van der Waals surface area contributed by atoms with Crippen LogP contribution in [0.1, 0.15) is 16.4 Å². The van der Waals surface area contributed by atoms with Crippen molar-refractivity contribution in [1.29, 1.82) is 0 Å². The van der Waals surface area contributed by atoms with Crippen molar-refractivity contribution in [2.45, 2.75) is 19.3 Å². The number of rotatable bonds is 4. The first-order valence-corrected chi connectivity index (χ1v) is 8.20. The van der Waals surface area contributed by atoms with Gasteiger partial charge < -0.3 is 14.8 Å². The molecule has 1 N–H and O–H groups in total. The Morgan fingerprint density at radius 1 is 1.48 bits per heavy atom. The molecule has 0 fully saturated rings. The number of halogens is 5. The number of nitrogens with one attached hydrogen (secondary N) is 1. The molecule has 0 aromatic carbocycles. The summed E-state index contributed by atoms with van der Waals surface area (Å²) in [5.41, 5.74) is 0.116. The lowest BCUT2D eigenvalue weighted by molar-refractivity contribution is -0.140. The summed E-state index contributed by atoms with van der Waals surface area (Å²) < 4.78 is 39.6. The molecular weight excluding hydrogens is 490 g/mol. The van der Waals surface area contributed by atoms with Crippen LogP contribution in [0, 0.1) is 0 Å². The lowest BCUT2D eigenvalue weighted by atomic mass is 10.4. The first kappa shape index (κ1) is 22.0. The van der Waals surface area contributed by atoms with Gasteiger partial charge in [0.25, 0.3) is 0 Å². The van der Waals surface area contributed by atoms with Gasteiger partial charge >= 0.3 is 6.18 Å². The number of thiazole rings is 1. The molecule has 11 heteroatoms. The van der Waals surface area contributed by atoms with Crippen molar-refractivity contribution in [1.82, 2.24) is 19.8 Å². The number of hydrogen-bond donors (Lipinski definition) is 1. The molecular formula is C14H18ClF3IN5S. The van der Waals surface area contributed by atoms with Gasteiger partial charge in [-0.1, -0.05) is 11.6 Å². The summed E-state index contributed by atoms with van der Waals surface area (Å²) >= 11 is 6.92. The molecule has 2 heterocycles. The van der Waals surface area contributed by atoms with Crippen LogP contribution < -0.4 is 5.32 Å². The second-order valence-corrected chi connectivity index (χ2v) is 6.52. The number of hydrogen-bond acceptors (Lipinski definition) is 3. The van der Waals surface area contributed by atoms with Gasteiger partial charge in [-0.05, 0) is 6.07 Å². The Balaban J connectivity index is 0.00000312. The topological polar surface area (TPSA) is 45.5 Å². The van der Waals surface area contributed by atoms with E-state index in [1.807, 2.05) is 29.6 Å². The van der Waals surface area contributed by atoms with Crippen molar-refractivity contribution in [3.8, 4) is 0 Å². The van der Waals surface area contributed by atoms with Crippen LogP contribution in [0.15, 0.2) is 22.6 Å². The Morgan fingerprint density at radius 2 is 2.16 bits per heavy atom. The van der Waals surface area contributed by atoms with E-state index in [1.54, 1.807) is 13.2 Å². The van der Waals surface area contributed by atoms with Crippen LogP contribution in [-0.4, -0.2) is 34.5 Å². The summed E-state index contributed by atoms with van der Waals surface area (Å²) in [5.74, 6) is 0.552. The smallest absolute Gasteiger partial charge is 0.351 e. The number of aromatic nitrogens is 2. The monoisotopic (exact) mass is 507 g/mol. The molecule has 2 rings (SSSR count). The second-order valence-electron chi connectivity index (χ2n) is 5.14. The van der Waals surface area contributed by atoms with E-state index in [9.17, 15) is 13.2 Å². The van der Waals surface area contributed by atoms with Crippen LogP contribution in [0.25, 0.3) is 0 Å². The van der Waals surface area contributed by atoms with Crippen molar-refractivity contribution >= 4 is 52.9 Å². The largest absolute Gasteiger partial charge is 0.434 e. The zero-order valence-corrected chi connectivity index (χ0v) is 17.7. The molecule has 0 saturated carbocycles. The number of nitrogens with zero attached hydrogens (tertiary/aromatic N) is 4. The molecule has 0 spiro atoms. The van der Waals surface area contributed by atoms with Gasteiger partial charge in [0.05, 0.1) is 18.1 Å². The molecule has 0 unspecified atom stereocenters. The van der Waals surface area contributed by atoms with Gasteiger partial charge in [-0.15, -0.1) is 35.3 Å². The highest BCUT2D eigenvalue weighted by Gasteiger charge is 2.33. The summed E-state index contributed by atoms with van der Waals surface area (Å²) in [4.78, 5) is 9.57. The van der Waals surface area contributed by atoms with E-state index in [4.69, 9.17) is 11.6 Å². The standard InChI is InChI=1S/C14H17ClF3N5S.HI/c1-19-13(23(3)7-10-4-9(15)6-22(10)2)20-5-12-21-11(8-24-12)14(16,17)18;/h4,6,8H,5,7H2,1-3H3,(H,19,20);1H. The lowest BCUT2D eigenvalue weighted by Crippen LogP contribution is -2.38. The molecule has 0 bridgehead atoms. The van der Waals surface area contributed by atoms with E-state index < -0.39 is 11.9 Å². The van der Waals surface area contributed by atoms with Crippen LogP contribution in [0.3, 0.4) is 0 Å². The minimum absolute atomic E-state index is 0. The average molecular weight is 508 g/mol. The van der Waals surface area contributed by atoms with Crippen LogP contribution in [0.5, 0.6) is 0 Å². The summed E-state index contributed by atoms with van der Waals surface area (Å²) in [6, 6.07) is 1.85. The number of aryl methyl sites for hydroxylation is 1. The average Bonchev–Trinajstić information content (AvgIpc) is 3.06. The van der Waals surface area contributed by atoms with E-state index in [0.717, 1.165) is 22.4 Å². The van der Waals surface area contributed by atoms with Crippen molar-refractivity contribution < 1.29 is 13.2 Å². The molecule has 2 aromatic rings. The number of guanidine groups is 1. The summed E-state index contributed by atoms with van der Waals surface area (Å²) in [7, 11) is 5.33. The molecule has 25 heavy (non-hydrogen) atoms. The molecule has 0 atom stereocenters. The maximum atomic E-state index is 12.6. The third-order valence-corrected chi connectivity index (χ3v) is 4.34. The van der Waals surface area contributed by atoms with Crippen molar-refractivity contribution in [3.63, 3.8) is 0 Å². The predicted octanol–water partition coefficient (Wildman–Crippen LogP) is 3.98. The first-order valence-electron chi connectivity index (χ1n) is 6.95. The summed E-state index contributed by atoms with van der Waals surface area (Å²) in [5, 5.41) is 5.01. The number of alkyl halides is 3. The van der Waals surface area contributed by atoms with Crippen molar-refractivity contribution in [2.24, 2.45) is 12.0 Å². The minimum Gasteiger partial charge on any atom is -0.351 e. The molecule has 0 aliphatic carbocycles. The first-order chi connectivity index (χ1) is 11.2. The minimum atomic E-state index is -4.42. The maximum Gasteiger partial charge on any atom is 0.434 e. The van der Waals surface area contributed by atoms with Gasteiger partial charge in [0.1, 0.15) is 5.01 Å². The fourth-order valence-corrected chi connectivity index (χ4v) is 3.12. The fourth-order valence-electron chi connectivity index (χ4n) is 2.10. The highest BCUT2D eigenvalue weighted by atomic mass is 127. The van der Waals surface area contributed by atoms with Gasteiger partial charge in [0.15, 0.2) is 11.7 Å². The zero-order valence-electron chi connectivity index (χ0n) is 13.8. The van der Waals surface area contributed by atoms with E-state index >= 15 is 0 Å². The van der Waals surface area contributed by atoms with Crippen LogP contribution in [0.2, 0.25) is 5.02 Å². The summed E-state index contributed by atoms with van der Waals surface area (Å²) in [6.07, 6.45) is -2.62. The lowest BCUT2D eigenvalue weighted by Gasteiger charge is -2.22. The molecule has 0 radical (unpaired) electrons. The van der Waals surface area contributed by atoms with Gasteiger partial charge in [-0.2, -0.15) is 13.2 Å². The van der Waals surface area contributed by atoms with Gasteiger partial charge in [0, 0.05) is 38.4 Å². The predicted molar refractivity (Wildman–Crippen MR) is 105 cm³/mol. The Bertz CT molecular complexity index is 728. The molecule has 2 aromatic heterocycles. The van der Waals surface area contributed by atoms with E-state index in [2.05, 4.69) is 15.3 Å². The Kier molecular flexibility index (Phi) is 8.00. The zero-order chi connectivity index (χ0) is 17.9. The van der Waals surface area contributed by atoms with Crippen LogP contribution >= 0.6 is 46.9 Å². The van der Waals surface area contributed by atoms with E-state index in [0.29, 0.717) is 22.5 Å². The summed E-state index contributed by atoms with van der Waals surface area (Å²) in [6.45, 7) is 0.722. The highest BCUT2D eigenvalue weighted by molar-refractivity contribution is 14.0. The molecule has 5 nitrogen and oxygen atoms in total. The Morgan fingerprint density at radius 3 is 2.64 bits per heavy atom. The second kappa shape index (κ2) is 9.08. The Labute approximate surface area is 169 Å². The fraction of sp³-hybridized carbons (Fsp3) is 0.429. The third-order valence-electron chi connectivity index (χ3n) is 3.29. The maximum absolute atomic E-state index is 12.6. The van der Waals surface area contributed by atoms with E-state index in [-0.39, 0.29) is 30.5 Å². The normalized spacial score (nSPS) is 12.0. The number of aliphatic imine (C=N–C) groups is 1. The van der Waals surface area contributed by atoms with E-state index in [1.165, 1.54) is 0 Å². The molecule has 0 aliphatic heterocycles. The van der Waals surface area contributed by atoms with Crippen molar-refractivity contribution in [3.05, 3.63) is 39.1 Å². The Hall–Kier alpha value is -1.01. The van der Waals surface area contributed by atoms with Crippen LogP contribution in [-0.2, 0) is 26.3 Å². The molecule has 0 saturated heterocycles. The SMILES string of the molecule is CN=C(NCc1nc(C(F)(F)F)cs1)N(C)Cc1cc(Cl)cn1C.I. The quantitative estimate of drug-likeness (QED) is 0.387. The molecule has 0 aliphatic rings. The third kappa shape index (κ3) is 6.03. The van der Waals surface area contributed by atoms with Crippen molar-refractivity contribution in [2.75, 3.05) is 14.1 Å². The van der Waals surface area contributed by atoms with Gasteiger partial charge in [0.2, 0.25) is 0 Å². The van der Waals surface area contributed by atoms with Gasteiger partial charge in [-0.25, -0.2) is 4.98 Å². The van der Waals surface area contributed by atoms with Crippen LogP contribution in [0.4, 0.5) is 13.2 Å². The molecule has 140 valence electrons. The van der Waals surface area contributed by atoms with Gasteiger partial charge in [-0.3, -0.25) is 4.99 Å². The molecule has 0 amide bonds.